The molecule has 1 aromatic rings. The first-order valence-electron chi connectivity index (χ1n) is 23.8. The molecule has 0 unspecified atom stereocenters. The molecule has 14 heteroatoms. The molecule has 5 rings (SSSR count). The molecule has 65 heavy (non-hydrogen) atoms. The van der Waals surface area contributed by atoms with E-state index in [4.69, 9.17) is 23.7 Å². The molecule has 360 valence electrons. The maximum Gasteiger partial charge on any atom is 0.329 e. The standard InChI is InChI=1S/C51H75N3O11/c1-30-16-12-11-13-17-31(2)42(61-8)28-38-21-19-36(7)51(60,65-38)48(57)49(58)54-23-15-14-18-39(54)50(59)64-43(33(4)26-37-20-22-40(55)44(27-37)62-9)29-41(56)32(3)25-35(6)46-47(63-10)45(52-53-46)34(5)24-30/h11-13,16-17,25,30,32-34,36-39,42-44,60H,14-15,18-24,26-29H2,1-10H3,(H,52,53)/b13-11-,16-12-,31-17-,35-25-/t30-,32-,33-,34-,36-,37+,38+,39+,42+,43+,44-,51-/m1/s1. The van der Waals surface area contributed by atoms with Crippen molar-refractivity contribution >= 4 is 34.8 Å². The van der Waals surface area contributed by atoms with E-state index in [-0.39, 0.29) is 60.7 Å². The predicted molar refractivity (Wildman–Crippen MR) is 247 cm³/mol. The zero-order valence-corrected chi connectivity index (χ0v) is 40.4. The highest BCUT2D eigenvalue weighted by molar-refractivity contribution is 6.39. The monoisotopic (exact) mass is 906 g/mol. The number of rotatable bonds is 6. The third kappa shape index (κ3) is 12.8. The van der Waals surface area contributed by atoms with E-state index in [0.29, 0.717) is 69.2 Å². The minimum atomic E-state index is -2.41. The molecule has 12 atom stereocenters. The lowest BCUT2D eigenvalue weighted by molar-refractivity contribution is -0.265. The number of esters is 1. The number of hydrogen-bond donors (Lipinski definition) is 2. The van der Waals surface area contributed by atoms with Crippen LogP contribution in [0.25, 0.3) is 5.57 Å². The summed E-state index contributed by atoms with van der Waals surface area (Å²) in [4.78, 5) is 70.8. The second-order valence-corrected chi connectivity index (χ2v) is 19.4. The van der Waals surface area contributed by atoms with Gasteiger partial charge in [-0.2, -0.15) is 5.10 Å². The van der Waals surface area contributed by atoms with Crippen molar-refractivity contribution in [1.82, 2.24) is 15.1 Å². The number of fused-ring (bicyclic) bond motifs is 5. The minimum Gasteiger partial charge on any atom is -0.492 e. The van der Waals surface area contributed by atoms with Crippen molar-refractivity contribution in [1.29, 1.82) is 0 Å². The number of piperidine rings is 1. The molecule has 1 aromatic heterocycles. The number of carbonyl (C=O) groups is 5. The first-order chi connectivity index (χ1) is 30.9. The summed E-state index contributed by atoms with van der Waals surface area (Å²) in [5, 5.41) is 19.8. The first kappa shape index (κ1) is 51.7. The number of nitrogens with zero attached hydrogens (tertiary/aromatic N) is 2. The van der Waals surface area contributed by atoms with Crippen molar-refractivity contribution < 1.29 is 52.8 Å². The number of aromatic nitrogens is 2. The Bertz CT molecular complexity index is 1970. The maximum atomic E-state index is 14.4. The van der Waals surface area contributed by atoms with E-state index in [2.05, 4.69) is 30.1 Å². The van der Waals surface area contributed by atoms with Gasteiger partial charge in [-0.15, -0.1) is 0 Å². The fraction of sp³-hybridized carbons (Fsp3) is 0.686. The van der Waals surface area contributed by atoms with Gasteiger partial charge in [0.15, 0.2) is 11.5 Å². The van der Waals surface area contributed by atoms with Gasteiger partial charge in [0.1, 0.15) is 29.7 Å². The highest BCUT2D eigenvalue weighted by atomic mass is 16.6. The Labute approximate surface area is 385 Å². The lowest BCUT2D eigenvalue weighted by Gasteiger charge is -2.42. The highest BCUT2D eigenvalue weighted by Gasteiger charge is 2.53. The van der Waals surface area contributed by atoms with Crippen LogP contribution < -0.4 is 4.74 Å². The number of ether oxygens (including phenoxy) is 5. The van der Waals surface area contributed by atoms with Crippen LogP contribution in [-0.4, -0.2) is 114 Å². The average molecular weight is 906 g/mol. The van der Waals surface area contributed by atoms with E-state index >= 15 is 0 Å². The smallest absolute Gasteiger partial charge is 0.329 e. The summed E-state index contributed by atoms with van der Waals surface area (Å²) >= 11 is 0. The summed E-state index contributed by atoms with van der Waals surface area (Å²) in [5.74, 6) is -5.88. The predicted octanol–water partition coefficient (Wildman–Crippen LogP) is 7.80. The van der Waals surface area contributed by atoms with Crippen LogP contribution in [0.15, 0.2) is 42.0 Å². The molecule has 4 bridgehead atoms. The number of Topliss-reactive ketones (excluding diaryl/α,β-unsaturated/α-hetero) is 3. The molecule has 0 aromatic carbocycles. The molecule has 0 spiro atoms. The molecular formula is C51H75N3O11. The van der Waals surface area contributed by atoms with Gasteiger partial charge in [-0.3, -0.25) is 24.3 Å². The molecule has 3 fully saturated rings. The van der Waals surface area contributed by atoms with E-state index in [1.165, 1.54) is 12.0 Å². The zero-order chi connectivity index (χ0) is 47.6. The number of nitrogens with one attached hydrogen (secondary N) is 1. The summed E-state index contributed by atoms with van der Waals surface area (Å²) in [5.41, 5.74) is 3.16. The number of ketones is 3. The first-order valence-corrected chi connectivity index (χ1v) is 23.8. The molecule has 14 nitrogen and oxygen atoms in total. The van der Waals surface area contributed by atoms with Crippen LogP contribution in [0.4, 0.5) is 0 Å². The summed E-state index contributed by atoms with van der Waals surface area (Å²) < 4.78 is 29.7. The second kappa shape index (κ2) is 23.5. The van der Waals surface area contributed by atoms with Gasteiger partial charge in [0.25, 0.3) is 11.7 Å². The van der Waals surface area contributed by atoms with Crippen molar-refractivity contribution in [2.24, 2.45) is 29.6 Å². The van der Waals surface area contributed by atoms with E-state index < -0.39 is 59.6 Å². The van der Waals surface area contributed by atoms with Gasteiger partial charge in [-0.1, -0.05) is 71.1 Å². The number of cyclic esters (lactones) is 1. The fourth-order valence-corrected chi connectivity index (χ4v) is 10.2. The normalized spacial score (nSPS) is 36.4. The number of methoxy groups -OCH3 is 3. The molecule has 4 aliphatic rings. The van der Waals surface area contributed by atoms with Crippen molar-refractivity contribution in [2.75, 3.05) is 27.9 Å². The van der Waals surface area contributed by atoms with Gasteiger partial charge in [-0.05, 0) is 101 Å². The van der Waals surface area contributed by atoms with Gasteiger partial charge in [-0.25, -0.2) is 4.79 Å². The largest absolute Gasteiger partial charge is 0.492 e. The Kier molecular flexibility index (Phi) is 18.7. The van der Waals surface area contributed by atoms with Gasteiger partial charge in [0.05, 0.1) is 25.0 Å². The Balaban J connectivity index is 1.49. The number of carbonyl (C=O) groups excluding carboxylic acids is 5. The van der Waals surface area contributed by atoms with Crippen molar-refractivity contribution in [2.45, 2.75) is 168 Å². The Morgan fingerprint density at radius 3 is 2.35 bits per heavy atom. The molecule has 0 radical (unpaired) electrons. The van der Waals surface area contributed by atoms with E-state index in [1.807, 2.05) is 51.2 Å². The Morgan fingerprint density at radius 1 is 0.908 bits per heavy atom. The van der Waals surface area contributed by atoms with Crippen LogP contribution in [-0.2, 0) is 42.9 Å². The van der Waals surface area contributed by atoms with Crippen LogP contribution in [0, 0.1) is 29.6 Å². The van der Waals surface area contributed by atoms with Crippen LogP contribution in [0.5, 0.6) is 5.75 Å². The zero-order valence-electron chi connectivity index (χ0n) is 40.4. The number of H-pyrrole nitrogens is 1. The van der Waals surface area contributed by atoms with Crippen LogP contribution >= 0.6 is 0 Å². The summed E-state index contributed by atoms with van der Waals surface area (Å²) in [6.45, 7) is 13.7. The number of amides is 1. The van der Waals surface area contributed by atoms with Crippen LogP contribution in [0.1, 0.15) is 143 Å². The molecular weight excluding hydrogens is 831 g/mol. The number of aromatic amines is 1. The summed E-state index contributed by atoms with van der Waals surface area (Å²) in [6, 6.07) is -1.11. The SMILES string of the molecule is COc1c2n[nH]c1[C@H](C)C[C@H](C)\C=C/C=C\C=C(\C)[C@@H](OC)C[C@@H]1CC[C@@H](C)[C@@](O)(O1)C(=O)C(=O)N1CCCC[C@H]1C(=O)O[C@H]([C@H](C)C[C@@H]1CCC(=O)[C@H](OC)C1)CC(=O)[C@H](C)/C=C\2C. The average Bonchev–Trinajstić information content (AvgIpc) is 3.73. The van der Waals surface area contributed by atoms with Gasteiger partial charge < -0.3 is 33.7 Å². The fourth-order valence-electron chi connectivity index (χ4n) is 10.2. The van der Waals surface area contributed by atoms with Gasteiger partial charge in [0.2, 0.25) is 5.79 Å². The molecule has 1 saturated carbocycles. The second-order valence-electron chi connectivity index (χ2n) is 19.4. The molecule has 2 saturated heterocycles. The maximum absolute atomic E-state index is 14.4. The lowest BCUT2D eigenvalue weighted by Crippen LogP contribution is -2.61. The van der Waals surface area contributed by atoms with E-state index in [0.717, 1.165) is 23.3 Å². The molecule has 4 heterocycles. The van der Waals surface area contributed by atoms with Crippen molar-refractivity contribution in [3.8, 4) is 5.75 Å². The van der Waals surface area contributed by atoms with E-state index in [9.17, 15) is 29.1 Å². The molecule has 1 amide bonds. The quantitative estimate of drug-likeness (QED) is 0.209. The topological polar surface area (TPSA) is 184 Å². The number of hydrogen-bond acceptors (Lipinski definition) is 12. The minimum absolute atomic E-state index is 0.0663. The van der Waals surface area contributed by atoms with Crippen molar-refractivity contribution in [3.05, 3.63) is 53.4 Å². The van der Waals surface area contributed by atoms with E-state index in [1.54, 1.807) is 28.1 Å². The lowest BCUT2D eigenvalue weighted by atomic mass is 9.79. The number of allylic oxidation sites excluding steroid dienone is 7. The van der Waals surface area contributed by atoms with Gasteiger partial charge >= 0.3 is 5.97 Å². The van der Waals surface area contributed by atoms with Crippen LogP contribution in [0.3, 0.4) is 0 Å². The molecule has 3 aliphatic heterocycles. The third-order valence-corrected chi connectivity index (χ3v) is 14.3. The van der Waals surface area contributed by atoms with Crippen molar-refractivity contribution in [3.63, 3.8) is 0 Å². The van der Waals surface area contributed by atoms with Crippen LogP contribution in [0.2, 0.25) is 0 Å². The molecule has 1 aliphatic carbocycles. The highest BCUT2D eigenvalue weighted by Crippen LogP contribution is 2.39. The molecule has 2 N–H and O–H groups in total. The summed E-state index contributed by atoms with van der Waals surface area (Å²) in [6.07, 6.45) is 15.2. The third-order valence-electron chi connectivity index (χ3n) is 14.3. The number of aliphatic hydroxyl groups is 1. The Morgan fingerprint density at radius 2 is 1.65 bits per heavy atom. The Hall–Kier alpha value is -4.24. The van der Waals surface area contributed by atoms with Gasteiger partial charge in [0, 0.05) is 57.8 Å². The summed E-state index contributed by atoms with van der Waals surface area (Å²) in [7, 11) is 4.75.